The van der Waals surface area contributed by atoms with Crippen LogP contribution in [-0.4, -0.2) is 54.1 Å². The van der Waals surface area contributed by atoms with E-state index >= 15 is 0 Å². The van der Waals surface area contributed by atoms with Crippen LogP contribution in [0.2, 0.25) is 5.02 Å². The van der Waals surface area contributed by atoms with Crippen molar-refractivity contribution in [1.29, 1.82) is 0 Å². The van der Waals surface area contributed by atoms with Gasteiger partial charge in [-0.05, 0) is 33.8 Å². The number of benzene rings is 1. The second kappa shape index (κ2) is 9.63. The highest BCUT2D eigenvalue weighted by molar-refractivity contribution is 6.31. The van der Waals surface area contributed by atoms with Gasteiger partial charge in [0, 0.05) is 29.7 Å². The number of carbonyl (C=O) groups excluding carboxylic acids is 1. The lowest BCUT2D eigenvalue weighted by Gasteiger charge is -2.25. The molecule has 1 aromatic rings. The van der Waals surface area contributed by atoms with Crippen LogP contribution in [0.3, 0.4) is 0 Å². The van der Waals surface area contributed by atoms with Crippen molar-refractivity contribution in [2.24, 2.45) is 4.99 Å². The summed E-state index contributed by atoms with van der Waals surface area (Å²) in [5.41, 5.74) is 0.352. The average molecular weight is 369 g/mol. The summed E-state index contributed by atoms with van der Waals surface area (Å²) < 4.78 is 0. The van der Waals surface area contributed by atoms with E-state index in [2.05, 4.69) is 15.6 Å². The molecule has 0 spiro atoms. The summed E-state index contributed by atoms with van der Waals surface area (Å²) in [5.74, 6) is 0.463. The van der Waals surface area contributed by atoms with Crippen molar-refractivity contribution in [3.63, 3.8) is 0 Å². The van der Waals surface area contributed by atoms with Crippen LogP contribution in [0.15, 0.2) is 29.3 Å². The Hall–Kier alpha value is -1.79. The van der Waals surface area contributed by atoms with Gasteiger partial charge in [-0.15, -0.1) is 0 Å². The number of rotatable bonds is 6. The van der Waals surface area contributed by atoms with Crippen molar-refractivity contribution in [3.8, 4) is 0 Å². The van der Waals surface area contributed by atoms with Crippen LogP contribution in [0.1, 0.15) is 39.4 Å². The van der Waals surface area contributed by atoms with Crippen LogP contribution < -0.4 is 10.6 Å². The zero-order chi connectivity index (χ0) is 19.0. The van der Waals surface area contributed by atoms with Crippen molar-refractivity contribution in [1.82, 2.24) is 15.5 Å². The van der Waals surface area contributed by atoms with E-state index in [-0.39, 0.29) is 24.5 Å². The van der Waals surface area contributed by atoms with E-state index in [1.54, 1.807) is 24.1 Å². The molecule has 0 aliphatic carbocycles. The Kier molecular flexibility index (Phi) is 8.19. The van der Waals surface area contributed by atoms with E-state index in [1.165, 1.54) is 0 Å². The molecule has 6 nitrogen and oxygen atoms in total. The average Bonchev–Trinajstić information content (AvgIpc) is 2.49. The molecule has 0 radical (unpaired) electrons. The Balaban J connectivity index is 2.75. The van der Waals surface area contributed by atoms with Gasteiger partial charge in [-0.3, -0.25) is 9.79 Å². The van der Waals surface area contributed by atoms with Crippen LogP contribution in [-0.2, 0) is 4.79 Å². The lowest BCUT2D eigenvalue weighted by molar-refractivity contribution is -0.122. The summed E-state index contributed by atoms with van der Waals surface area (Å²) in [5, 5.41) is 16.9. The summed E-state index contributed by atoms with van der Waals surface area (Å²) in [7, 11) is 1.78. The maximum absolute atomic E-state index is 12.1. The number of halogens is 1. The first-order chi connectivity index (χ1) is 11.6. The van der Waals surface area contributed by atoms with Gasteiger partial charge in [-0.2, -0.15) is 0 Å². The van der Waals surface area contributed by atoms with Crippen LogP contribution in [0.4, 0.5) is 0 Å². The smallest absolute Gasteiger partial charge is 0.240 e. The first-order valence-corrected chi connectivity index (χ1v) is 8.74. The van der Waals surface area contributed by atoms with Crippen molar-refractivity contribution >= 4 is 23.5 Å². The zero-order valence-corrected chi connectivity index (χ0v) is 16.4. The number of hydrogen-bond acceptors (Lipinski definition) is 3. The van der Waals surface area contributed by atoms with Gasteiger partial charge in [0.15, 0.2) is 5.96 Å². The lowest BCUT2D eigenvalue weighted by Crippen LogP contribution is -2.48. The number of nitrogens with zero attached hydrogens (tertiary/aromatic N) is 2. The first kappa shape index (κ1) is 21.3. The van der Waals surface area contributed by atoms with Gasteiger partial charge in [0.1, 0.15) is 6.10 Å². The fraction of sp³-hybridized carbons (Fsp3) is 0.556. The highest BCUT2D eigenvalue weighted by Gasteiger charge is 2.17. The number of amides is 1. The molecule has 0 saturated heterocycles. The Labute approximate surface area is 155 Å². The van der Waals surface area contributed by atoms with E-state index in [9.17, 15) is 9.90 Å². The van der Waals surface area contributed by atoms with Crippen LogP contribution in [0, 0.1) is 0 Å². The van der Waals surface area contributed by atoms with E-state index < -0.39 is 6.10 Å². The molecule has 7 heteroatoms. The number of carbonyl (C=O) groups is 1. The van der Waals surface area contributed by atoms with Gasteiger partial charge in [0.05, 0.1) is 13.1 Å². The van der Waals surface area contributed by atoms with Gasteiger partial charge in [-0.1, -0.05) is 29.8 Å². The van der Waals surface area contributed by atoms with Gasteiger partial charge in [0.2, 0.25) is 5.91 Å². The fourth-order valence-corrected chi connectivity index (χ4v) is 2.50. The lowest BCUT2D eigenvalue weighted by atomic mass is 10.1. The maximum Gasteiger partial charge on any atom is 0.240 e. The van der Waals surface area contributed by atoms with Crippen molar-refractivity contribution in [2.75, 3.05) is 26.7 Å². The summed E-state index contributed by atoms with van der Waals surface area (Å²) in [6.45, 7) is 8.73. The Morgan fingerprint density at radius 3 is 2.56 bits per heavy atom. The monoisotopic (exact) mass is 368 g/mol. The summed E-state index contributed by atoms with van der Waals surface area (Å²) >= 11 is 6.10. The fourth-order valence-electron chi connectivity index (χ4n) is 2.23. The number of aliphatic hydroxyl groups is 1. The molecule has 1 aromatic carbocycles. The first-order valence-electron chi connectivity index (χ1n) is 8.37. The molecule has 3 N–H and O–H groups in total. The second-order valence-corrected chi connectivity index (χ2v) is 7.29. The highest BCUT2D eigenvalue weighted by atomic mass is 35.5. The van der Waals surface area contributed by atoms with E-state index in [0.29, 0.717) is 23.1 Å². The number of likely N-dealkylation sites (N-methyl/N-ethyl adjacent to an activating group) is 1. The second-order valence-electron chi connectivity index (χ2n) is 6.89. The Morgan fingerprint density at radius 2 is 2.00 bits per heavy atom. The van der Waals surface area contributed by atoms with E-state index in [4.69, 9.17) is 11.6 Å². The molecule has 1 rings (SSSR count). The molecular weight excluding hydrogens is 340 g/mol. The van der Waals surface area contributed by atoms with Gasteiger partial charge < -0.3 is 20.6 Å². The Morgan fingerprint density at radius 1 is 1.36 bits per heavy atom. The normalized spacial score (nSPS) is 13.3. The topological polar surface area (TPSA) is 77.0 Å². The van der Waals surface area contributed by atoms with E-state index in [0.717, 1.165) is 0 Å². The molecule has 25 heavy (non-hydrogen) atoms. The number of guanidine groups is 1. The number of aliphatic hydroxyl groups excluding tert-OH is 1. The van der Waals surface area contributed by atoms with Crippen LogP contribution >= 0.6 is 11.6 Å². The molecule has 0 aliphatic rings. The molecule has 1 amide bonds. The Bertz CT molecular complexity index is 599. The van der Waals surface area contributed by atoms with Crippen molar-refractivity contribution in [2.45, 2.75) is 39.3 Å². The third kappa shape index (κ3) is 7.75. The molecule has 0 heterocycles. The molecule has 0 fully saturated rings. The third-order valence-corrected chi connectivity index (χ3v) is 3.61. The van der Waals surface area contributed by atoms with Crippen LogP contribution in [0.5, 0.6) is 0 Å². The standard InChI is InChI=1S/C18H29ClN4O2/c1-6-20-17(23(5)12-16(25)22-18(2,3)4)21-11-15(24)13-9-7-8-10-14(13)19/h7-10,15,24H,6,11-12H2,1-5H3,(H,20,21)(H,22,25). The predicted octanol–water partition coefficient (Wildman–Crippen LogP) is 2.19. The summed E-state index contributed by atoms with van der Waals surface area (Å²) in [4.78, 5) is 18.2. The molecule has 1 unspecified atom stereocenters. The molecule has 1 atom stereocenters. The summed E-state index contributed by atoms with van der Waals surface area (Å²) in [6.07, 6.45) is -0.806. The zero-order valence-electron chi connectivity index (χ0n) is 15.6. The minimum Gasteiger partial charge on any atom is -0.386 e. The number of hydrogen-bond donors (Lipinski definition) is 3. The van der Waals surface area contributed by atoms with Crippen molar-refractivity contribution in [3.05, 3.63) is 34.9 Å². The molecule has 0 saturated carbocycles. The molecular formula is C18H29ClN4O2. The minimum atomic E-state index is -0.806. The molecule has 0 aliphatic heterocycles. The number of aliphatic imine (C=N–C) groups is 1. The van der Waals surface area contributed by atoms with E-state index in [1.807, 2.05) is 39.8 Å². The third-order valence-electron chi connectivity index (χ3n) is 3.27. The quantitative estimate of drug-likeness (QED) is 0.531. The van der Waals surface area contributed by atoms with Gasteiger partial charge >= 0.3 is 0 Å². The molecule has 0 bridgehead atoms. The van der Waals surface area contributed by atoms with Gasteiger partial charge in [0.25, 0.3) is 0 Å². The van der Waals surface area contributed by atoms with Crippen LogP contribution in [0.25, 0.3) is 0 Å². The highest BCUT2D eigenvalue weighted by Crippen LogP contribution is 2.22. The van der Waals surface area contributed by atoms with Crippen molar-refractivity contribution < 1.29 is 9.90 Å². The SMILES string of the molecule is CCNC(=NCC(O)c1ccccc1Cl)N(C)CC(=O)NC(C)(C)C. The maximum atomic E-state index is 12.1. The molecule has 0 aromatic heterocycles. The largest absolute Gasteiger partial charge is 0.386 e. The predicted molar refractivity (Wildman–Crippen MR) is 103 cm³/mol. The summed E-state index contributed by atoms with van der Waals surface area (Å²) in [6, 6.07) is 7.14. The van der Waals surface area contributed by atoms with Gasteiger partial charge in [-0.25, -0.2) is 0 Å². The molecule has 140 valence electrons. The number of nitrogens with one attached hydrogen (secondary N) is 2. The minimum absolute atomic E-state index is 0.0905.